The second-order valence-corrected chi connectivity index (χ2v) is 7.55. The molecule has 138 valence electrons. The van der Waals surface area contributed by atoms with Crippen LogP contribution in [-0.2, 0) is 24.4 Å². The van der Waals surface area contributed by atoms with Crippen molar-refractivity contribution in [3.05, 3.63) is 0 Å². The normalized spacial score (nSPS) is 12.3. The summed E-state index contributed by atoms with van der Waals surface area (Å²) in [6.45, 7) is 5.44. The largest absolute Gasteiger partial charge is 0.379 e. The van der Waals surface area contributed by atoms with Crippen molar-refractivity contribution in [3.8, 4) is 0 Å². The van der Waals surface area contributed by atoms with Crippen molar-refractivity contribution < 1.29 is 31.7 Å². The minimum absolute atomic E-state index is 0.0275. The number of quaternary nitrogens is 1. The highest BCUT2D eigenvalue weighted by molar-refractivity contribution is 7.85. The van der Waals surface area contributed by atoms with Gasteiger partial charge in [0.15, 0.2) is 0 Å². The lowest BCUT2D eigenvalue weighted by Gasteiger charge is -2.29. The summed E-state index contributed by atoms with van der Waals surface area (Å²) in [6.07, 6.45) is 1.19. The number of ether oxygens (including phenoxy) is 2. The molecule has 0 unspecified atom stereocenters. The Bertz CT molecular complexity index is 425. The van der Waals surface area contributed by atoms with Crippen LogP contribution in [0.15, 0.2) is 0 Å². The average molecular weight is 355 g/mol. The first-order chi connectivity index (χ1) is 10.7. The highest BCUT2D eigenvalue weighted by atomic mass is 32.2. The van der Waals surface area contributed by atoms with E-state index in [0.29, 0.717) is 43.8 Å². The van der Waals surface area contributed by atoms with Gasteiger partial charge in [-0.05, 0) is 6.92 Å². The van der Waals surface area contributed by atoms with Crippen LogP contribution in [0.3, 0.4) is 0 Å². The van der Waals surface area contributed by atoms with Crippen LogP contribution in [0.1, 0.15) is 19.8 Å². The Balaban J connectivity index is 3.66. The lowest BCUT2D eigenvalue weighted by Crippen LogP contribution is -2.43. The lowest BCUT2D eigenvalue weighted by atomic mass is 10.3. The van der Waals surface area contributed by atoms with Crippen LogP contribution in [-0.4, -0.2) is 89.3 Å². The molecule has 0 atom stereocenters. The number of amides is 1. The van der Waals surface area contributed by atoms with Gasteiger partial charge in [0.2, 0.25) is 5.91 Å². The molecule has 0 aromatic rings. The predicted molar refractivity (Wildman–Crippen MR) is 87.8 cm³/mol. The first-order valence-corrected chi connectivity index (χ1v) is 9.46. The van der Waals surface area contributed by atoms with Crippen molar-refractivity contribution >= 4 is 16.0 Å². The number of nitrogens with one attached hydrogen (secondary N) is 1. The summed E-state index contributed by atoms with van der Waals surface area (Å²) in [6, 6.07) is 0. The Morgan fingerprint density at radius 3 is 2.35 bits per heavy atom. The van der Waals surface area contributed by atoms with E-state index in [1.807, 2.05) is 21.0 Å². The molecule has 0 heterocycles. The van der Waals surface area contributed by atoms with Gasteiger partial charge in [0, 0.05) is 26.0 Å². The molecule has 0 aromatic carbocycles. The molecular formula is C14H31N2O6S+. The maximum Gasteiger partial charge on any atom is 0.265 e. The maximum atomic E-state index is 11.5. The molecule has 0 aliphatic rings. The molecule has 0 fully saturated rings. The summed E-state index contributed by atoms with van der Waals surface area (Å²) >= 11 is 0. The summed E-state index contributed by atoms with van der Waals surface area (Å²) < 4.78 is 40.9. The summed E-state index contributed by atoms with van der Waals surface area (Å²) in [4.78, 5) is 11.5. The number of hydrogen-bond donors (Lipinski definition) is 2. The van der Waals surface area contributed by atoms with Crippen LogP contribution >= 0.6 is 0 Å². The summed E-state index contributed by atoms with van der Waals surface area (Å²) in [5, 5.41) is 2.78. The van der Waals surface area contributed by atoms with E-state index in [0.717, 1.165) is 13.0 Å². The fourth-order valence-corrected chi connectivity index (χ4v) is 2.49. The summed E-state index contributed by atoms with van der Waals surface area (Å²) in [5.41, 5.74) is 0. The van der Waals surface area contributed by atoms with E-state index in [1.54, 1.807) is 0 Å². The van der Waals surface area contributed by atoms with Crippen LogP contribution in [0.5, 0.6) is 0 Å². The molecule has 8 nitrogen and oxygen atoms in total. The van der Waals surface area contributed by atoms with Gasteiger partial charge in [0.25, 0.3) is 10.1 Å². The van der Waals surface area contributed by atoms with Crippen LogP contribution < -0.4 is 5.32 Å². The van der Waals surface area contributed by atoms with Crippen molar-refractivity contribution in [2.45, 2.75) is 19.8 Å². The van der Waals surface area contributed by atoms with Crippen molar-refractivity contribution in [1.29, 1.82) is 0 Å². The van der Waals surface area contributed by atoms with Crippen molar-refractivity contribution in [1.82, 2.24) is 5.32 Å². The monoisotopic (exact) mass is 355 g/mol. The van der Waals surface area contributed by atoms with Gasteiger partial charge in [-0.1, -0.05) is 0 Å². The van der Waals surface area contributed by atoms with Crippen LogP contribution in [0.25, 0.3) is 0 Å². The molecule has 1 amide bonds. The van der Waals surface area contributed by atoms with Crippen LogP contribution in [0, 0.1) is 0 Å². The van der Waals surface area contributed by atoms with E-state index < -0.39 is 10.1 Å². The van der Waals surface area contributed by atoms with Crippen molar-refractivity contribution in [2.24, 2.45) is 0 Å². The summed E-state index contributed by atoms with van der Waals surface area (Å²) in [5.74, 6) is -0.372. The highest BCUT2D eigenvalue weighted by Gasteiger charge is 2.16. The number of carbonyl (C=O) groups is 1. The second kappa shape index (κ2) is 11.7. The maximum absolute atomic E-state index is 11.5. The number of nitrogens with zero attached hydrogens (tertiary/aromatic N) is 1. The van der Waals surface area contributed by atoms with Gasteiger partial charge in [-0.25, -0.2) is 0 Å². The van der Waals surface area contributed by atoms with Gasteiger partial charge in [0.05, 0.1) is 46.2 Å². The molecule has 0 radical (unpaired) electrons. The summed E-state index contributed by atoms with van der Waals surface area (Å²) in [7, 11) is 0.0898. The molecule has 9 heteroatoms. The minimum Gasteiger partial charge on any atom is -0.379 e. The van der Waals surface area contributed by atoms with Crippen LogP contribution in [0.2, 0.25) is 0 Å². The van der Waals surface area contributed by atoms with E-state index in [1.165, 1.54) is 0 Å². The molecular weight excluding hydrogens is 324 g/mol. The predicted octanol–water partition coefficient (Wildman–Crippen LogP) is -0.0999. The van der Waals surface area contributed by atoms with Gasteiger partial charge >= 0.3 is 0 Å². The molecule has 0 saturated heterocycles. The quantitative estimate of drug-likeness (QED) is 0.256. The topological polar surface area (TPSA) is 102 Å². The Morgan fingerprint density at radius 1 is 1.13 bits per heavy atom. The SMILES string of the molecule is CCOCCOCC(=O)NCCC[N+](C)(C)CCCS(=O)(=O)O. The van der Waals surface area contributed by atoms with E-state index in [4.69, 9.17) is 14.0 Å². The van der Waals surface area contributed by atoms with Gasteiger partial charge in [0.1, 0.15) is 6.61 Å². The zero-order valence-corrected chi connectivity index (χ0v) is 15.2. The molecule has 0 saturated carbocycles. The molecule has 0 aliphatic carbocycles. The third-order valence-electron chi connectivity index (χ3n) is 3.24. The van der Waals surface area contributed by atoms with Gasteiger partial charge in [-0.2, -0.15) is 8.42 Å². The third-order valence-corrected chi connectivity index (χ3v) is 4.04. The Hall–Kier alpha value is -0.740. The Kier molecular flexibility index (Phi) is 11.4. The fraction of sp³-hybridized carbons (Fsp3) is 0.929. The molecule has 0 aromatic heterocycles. The number of rotatable bonds is 14. The number of carbonyl (C=O) groups excluding carboxylic acids is 1. The molecule has 0 rings (SSSR count). The van der Waals surface area contributed by atoms with Gasteiger partial charge in [-0.3, -0.25) is 9.35 Å². The van der Waals surface area contributed by atoms with Crippen molar-refractivity contribution in [3.63, 3.8) is 0 Å². The zero-order chi connectivity index (χ0) is 17.8. The average Bonchev–Trinajstić information content (AvgIpc) is 2.42. The number of hydrogen-bond acceptors (Lipinski definition) is 5. The Labute approximate surface area is 139 Å². The van der Waals surface area contributed by atoms with Crippen LogP contribution in [0.4, 0.5) is 0 Å². The second-order valence-electron chi connectivity index (χ2n) is 5.98. The fourth-order valence-electron chi connectivity index (χ4n) is 2.00. The highest BCUT2D eigenvalue weighted by Crippen LogP contribution is 2.02. The molecule has 0 aliphatic heterocycles. The standard InChI is InChI=1S/C14H30N2O6S/c1-4-21-10-11-22-13-14(17)15-7-5-8-16(2,3)9-6-12-23(18,19)20/h4-13H2,1-3H3,(H-,15,17,18,19,20)/p+1. The lowest BCUT2D eigenvalue weighted by molar-refractivity contribution is -0.890. The molecule has 23 heavy (non-hydrogen) atoms. The molecule has 0 bridgehead atoms. The van der Waals surface area contributed by atoms with E-state index in [-0.39, 0.29) is 18.3 Å². The van der Waals surface area contributed by atoms with E-state index >= 15 is 0 Å². The third kappa shape index (κ3) is 15.9. The van der Waals surface area contributed by atoms with Crippen molar-refractivity contribution in [2.75, 3.05) is 65.9 Å². The minimum atomic E-state index is -3.89. The smallest absolute Gasteiger partial charge is 0.265 e. The first kappa shape index (κ1) is 22.3. The van der Waals surface area contributed by atoms with Gasteiger partial charge in [-0.15, -0.1) is 0 Å². The molecule has 2 N–H and O–H groups in total. The first-order valence-electron chi connectivity index (χ1n) is 7.85. The Morgan fingerprint density at radius 2 is 1.74 bits per heavy atom. The van der Waals surface area contributed by atoms with E-state index in [9.17, 15) is 13.2 Å². The zero-order valence-electron chi connectivity index (χ0n) is 14.4. The molecule has 0 spiro atoms. The van der Waals surface area contributed by atoms with Gasteiger partial charge < -0.3 is 19.3 Å². The van der Waals surface area contributed by atoms with E-state index in [2.05, 4.69) is 5.32 Å².